The van der Waals surface area contributed by atoms with Crippen LogP contribution in [0.5, 0.6) is 0 Å². The summed E-state index contributed by atoms with van der Waals surface area (Å²) in [7, 11) is 1.42. The molecule has 4 heterocycles. The maximum Gasteiger partial charge on any atom is 0.409 e. The van der Waals surface area contributed by atoms with Gasteiger partial charge in [-0.05, 0) is 56.7 Å². The smallest absolute Gasteiger partial charge is 0.409 e. The lowest BCUT2D eigenvalue weighted by Crippen LogP contribution is -2.45. The van der Waals surface area contributed by atoms with Gasteiger partial charge in [-0.25, -0.2) is 14.2 Å². The van der Waals surface area contributed by atoms with Gasteiger partial charge >= 0.3 is 6.09 Å². The number of benzene rings is 1. The molecule has 0 spiro atoms. The summed E-state index contributed by atoms with van der Waals surface area (Å²) >= 11 is 0. The number of amides is 2. The van der Waals surface area contributed by atoms with Crippen molar-refractivity contribution >= 4 is 12.0 Å². The summed E-state index contributed by atoms with van der Waals surface area (Å²) in [6, 6.07) is 7.74. The SMILES string of the molecule is COC(=O)N1CCc2c(nc(C)n2C2CC3CCC(C2)N3CC[C@H](NC(C)=O)c2cccc(F)c2)C1. The molecule has 5 rings (SSSR count). The molecule has 1 N–H and O–H groups in total. The number of piperidine rings is 1. The Hall–Kier alpha value is -2.94. The van der Waals surface area contributed by atoms with Gasteiger partial charge in [-0.1, -0.05) is 12.1 Å². The van der Waals surface area contributed by atoms with Crippen molar-refractivity contribution in [3.05, 3.63) is 52.9 Å². The fourth-order valence-electron chi connectivity index (χ4n) is 6.70. The van der Waals surface area contributed by atoms with Crippen LogP contribution >= 0.6 is 0 Å². The van der Waals surface area contributed by atoms with E-state index in [0.717, 1.165) is 49.3 Å². The lowest BCUT2D eigenvalue weighted by Gasteiger charge is -2.41. The number of aromatic nitrogens is 2. The molecule has 194 valence electrons. The van der Waals surface area contributed by atoms with Crippen molar-refractivity contribution in [1.82, 2.24) is 24.7 Å². The molecule has 0 radical (unpaired) electrons. The fraction of sp³-hybridized carbons (Fsp3) is 0.593. The number of nitrogens with one attached hydrogen (secondary N) is 1. The molecule has 9 heteroatoms. The normalized spacial score (nSPS) is 24.3. The topological polar surface area (TPSA) is 79.7 Å². The fourth-order valence-corrected chi connectivity index (χ4v) is 6.70. The van der Waals surface area contributed by atoms with E-state index in [1.165, 1.54) is 44.7 Å². The summed E-state index contributed by atoms with van der Waals surface area (Å²) in [4.78, 5) is 33.0. The first-order valence-corrected chi connectivity index (χ1v) is 13.0. The molecule has 3 atom stereocenters. The highest BCUT2D eigenvalue weighted by Crippen LogP contribution is 2.43. The van der Waals surface area contributed by atoms with Gasteiger partial charge in [0.15, 0.2) is 0 Å². The Kier molecular flexibility index (Phi) is 7.01. The molecule has 2 aromatic rings. The predicted molar refractivity (Wildman–Crippen MR) is 133 cm³/mol. The van der Waals surface area contributed by atoms with Gasteiger partial charge in [0.05, 0.1) is 25.4 Å². The molecule has 1 aromatic heterocycles. The zero-order chi connectivity index (χ0) is 25.4. The van der Waals surface area contributed by atoms with Gasteiger partial charge in [-0.3, -0.25) is 9.69 Å². The number of hydrogen-bond acceptors (Lipinski definition) is 5. The summed E-state index contributed by atoms with van der Waals surface area (Å²) in [5.74, 6) is 0.649. The van der Waals surface area contributed by atoms with Crippen molar-refractivity contribution in [2.45, 2.75) is 83.1 Å². The summed E-state index contributed by atoms with van der Waals surface area (Å²) in [5, 5.41) is 3.02. The number of hydrogen-bond donors (Lipinski definition) is 1. The van der Waals surface area contributed by atoms with Crippen LogP contribution in [0.4, 0.5) is 9.18 Å². The Morgan fingerprint density at radius 3 is 2.64 bits per heavy atom. The largest absolute Gasteiger partial charge is 0.453 e. The van der Waals surface area contributed by atoms with Gasteiger partial charge in [-0.15, -0.1) is 0 Å². The van der Waals surface area contributed by atoms with Crippen molar-refractivity contribution in [3.8, 4) is 0 Å². The van der Waals surface area contributed by atoms with Gasteiger partial charge < -0.3 is 19.5 Å². The number of rotatable bonds is 6. The van der Waals surface area contributed by atoms with Crippen LogP contribution in [0.2, 0.25) is 0 Å². The number of fused-ring (bicyclic) bond motifs is 3. The Balaban J connectivity index is 1.27. The zero-order valence-electron chi connectivity index (χ0n) is 21.4. The number of imidazole rings is 1. The molecule has 2 fully saturated rings. The highest BCUT2D eigenvalue weighted by Gasteiger charge is 2.42. The van der Waals surface area contributed by atoms with Crippen LogP contribution in [0.15, 0.2) is 24.3 Å². The molecule has 3 aliphatic heterocycles. The van der Waals surface area contributed by atoms with E-state index in [1.807, 2.05) is 6.07 Å². The van der Waals surface area contributed by atoms with E-state index in [9.17, 15) is 14.0 Å². The van der Waals surface area contributed by atoms with Crippen molar-refractivity contribution in [1.29, 1.82) is 0 Å². The van der Waals surface area contributed by atoms with Crippen LogP contribution in [0, 0.1) is 12.7 Å². The predicted octanol–water partition coefficient (Wildman–Crippen LogP) is 3.89. The first-order valence-electron chi connectivity index (χ1n) is 13.0. The van der Waals surface area contributed by atoms with Crippen LogP contribution in [0.25, 0.3) is 0 Å². The Labute approximate surface area is 211 Å². The molecule has 2 saturated heterocycles. The highest BCUT2D eigenvalue weighted by molar-refractivity contribution is 5.73. The quantitative estimate of drug-likeness (QED) is 0.655. The molecule has 3 aliphatic rings. The summed E-state index contributed by atoms with van der Waals surface area (Å²) < 4.78 is 21.2. The van der Waals surface area contributed by atoms with Gasteiger partial charge in [0.1, 0.15) is 11.6 Å². The van der Waals surface area contributed by atoms with Gasteiger partial charge in [0, 0.05) is 50.3 Å². The van der Waals surface area contributed by atoms with Crippen molar-refractivity contribution in [2.75, 3.05) is 20.2 Å². The first kappa shape index (κ1) is 24.7. The third kappa shape index (κ3) is 4.85. The number of carbonyl (C=O) groups is 2. The second-order valence-corrected chi connectivity index (χ2v) is 10.4. The van der Waals surface area contributed by atoms with Crippen molar-refractivity contribution in [2.24, 2.45) is 0 Å². The average Bonchev–Trinajstić information content (AvgIpc) is 3.30. The number of aryl methyl sites for hydroxylation is 1. The van der Waals surface area contributed by atoms with Gasteiger partial charge in [0.25, 0.3) is 0 Å². The Bertz CT molecular complexity index is 1120. The molecular formula is C27H36FN5O3. The average molecular weight is 498 g/mol. The van der Waals surface area contributed by atoms with E-state index in [4.69, 9.17) is 9.72 Å². The second kappa shape index (κ2) is 10.2. The van der Waals surface area contributed by atoms with E-state index in [0.29, 0.717) is 31.2 Å². The minimum Gasteiger partial charge on any atom is -0.453 e. The summed E-state index contributed by atoms with van der Waals surface area (Å²) in [5.41, 5.74) is 3.07. The molecule has 0 aliphatic carbocycles. The molecular weight excluding hydrogens is 461 g/mol. The van der Waals surface area contributed by atoms with Crippen LogP contribution < -0.4 is 5.32 Å². The molecule has 0 saturated carbocycles. The minimum atomic E-state index is -0.296. The number of methoxy groups -OCH3 is 1. The number of nitrogens with zero attached hydrogens (tertiary/aromatic N) is 4. The van der Waals surface area contributed by atoms with E-state index in [1.54, 1.807) is 11.0 Å². The number of halogens is 1. The Morgan fingerprint density at radius 1 is 1.22 bits per heavy atom. The number of carbonyl (C=O) groups excluding carboxylic acids is 2. The van der Waals surface area contributed by atoms with Crippen LogP contribution in [0.1, 0.15) is 73.9 Å². The monoisotopic (exact) mass is 497 g/mol. The third-order valence-corrected chi connectivity index (χ3v) is 8.19. The van der Waals surface area contributed by atoms with Crippen LogP contribution in [0.3, 0.4) is 0 Å². The summed E-state index contributed by atoms with van der Waals surface area (Å²) in [6.07, 6.45) is 5.76. The molecule has 2 unspecified atom stereocenters. The molecule has 2 bridgehead atoms. The number of ether oxygens (including phenoxy) is 1. The van der Waals surface area contributed by atoms with Crippen LogP contribution in [-0.2, 0) is 22.5 Å². The highest BCUT2D eigenvalue weighted by atomic mass is 19.1. The summed E-state index contributed by atoms with van der Waals surface area (Å²) in [6.45, 7) is 5.62. The Morgan fingerprint density at radius 2 is 1.97 bits per heavy atom. The third-order valence-electron chi connectivity index (χ3n) is 8.19. The maximum absolute atomic E-state index is 13.8. The van der Waals surface area contributed by atoms with Crippen LogP contribution in [-0.4, -0.2) is 63.6 Å². The van der Waals surface area contributed by atoms with Gasteiger partial charge in [0.2, 0.25) is 5.91 Å². The van der Waals surface area contributed by atoms with E-state index < -0.39 is 0 Å². The molecule has 8 nitrogen and oxygen atoms in total. The minimum absolute atomic E-state index is 0.0999. The van der Waals surface area contributed by atoms with Crippen molar-refractivity contribution in [3.63, 3.8) is 0 Å². The maximum atomic E-state index is 13.8. The molecule has 36 heavy (non-hydrogen) atoms. The van der Waals surface area contributed by atoms with Crippen molar-refractivity contribution < 1.29 is 18.7 Å². The van der Waals surface area contributed by atoms with E-state index in [2.05, 4.69) is 21.7 Å². The molecule has 1 aromatic carbocycles. The lowest BCUT2D eigenvalue weighted by molar-refractivity contribution is -0.119. The lowest BCUT2D eigenvalue weighted by atomic mass is 9.94. The molecule has 2 amide bonds. The first-order chi connectivity index (χ1) is 17.3. The zero-order valence-corrected chi connectivity index (χ0v) is 21.4. The van der Waals surface area contributed by atoms with Gasteiger partial charge in [-0.2, -0.15) is 0 Å². The standard InChI is InChI=1S/C27H36FN5O3/c1-17-29-25-16-31(27(35)36-3)11-10-26(25)33(17)23-14-21-7-8-22(15-23)32(21)12-9-24(30-18(2)34)19-5-4-6-20(28)13-19/h4-6,13,21-24H,7-12,14-16H2,1-3H3,(H,30,34)/t21?,22?,23?,24-/m0/s1. The van der Waals surface area contributed by atoms with E-state index in [-0.39, 0.29) is 23.9 Å². The van der Waals surface area contributed by atoms with E-state index >= 15 is 0 Å². The second-order valence-electron chi connectivity index (χ2n) is 10.4.